The van der Waals surface area contributed by atoms with E-state index < -0.39 is 0 Å². The number of benzene rings is 1. The standard InChI is InChI=1S/C16H24ClFN2/c1-4-8-19-15-7-9-20(12(3)11(15)2)16-6-5-13(18)10-14(16)17/h5-6,10-12,15,19H,4,7-9H2,1-3H3. The van der Waals surface area contributed by atoms with Crippen molar-refractivity contribution in [2.75, 3.05) is 18.0 Å². The van der Waals surface area contributed by atoms with Gasteiger partial charge in [-0.1, -0.05) is 25.4 Å². The molecule has 0 aromatic heterocycles. The lowest BCUT2D eigenvalue weighted by Crippen LogP contribution is -2.53. The van der Waals surface area contributed by atoms with Gasteiger partial charge in [-0.05, 0) is 50.4 Å². The van der Waals surface area contributed by atoms with Gasteiger partial charge in [0.15, 0.2) is 0 Å². The van der Waals surface area contributed by atoms with Gasteiger partial charge in [0.25, 0.3) is 0 Å². The number of halogens is 2. The Kier molecular flexibility index (Phi) is 5.28. The molecule has 1 saturated heterocycles. The van der Waals surface area contributed by atoms with E-state index in [2.05, 4.69) is 31.0 Å². The van der Waals surface area contributed by atoms with Crippen LogP contribution in [0.4, 0.5) is 10.1 Å². The summed E-state index contributed by atoms with van der Waals surface area (Å²) in [6, 6.07) is 5.62. The Morgan fingerprint density at radius 1 is 1.40 bits per heavy atom. The van der Waals surface area contributed by atoms with Crippen LogP contribution in [-0.2, 0) is 0 Å². The summed E-state index contributed by atoms with van der Waals surface area (Å²) in [6.45, 7) is 8.72. The van der Waals surface area contributed by atoms with Crippen molar-refractivity contribution in [3.8, 4) is 0 Å². The summed E-state index contributed by atoms with van der Waals surface area (Å²) < 4.78 is 13.2. The molecular formula is C16H24ClFN2. The molecule has 4 heteroatoms. The largest absolute Gasteiger partial charge is 0.367 e. The highest BCUT2D eigenvalue weighted by molar-refractivity contribution is 6.33. The van der Waals surface area contributed by atoms with Crippen LogP contribution in [0.3, 0.4) is 0 Å². The van der Waals surface area contributed by atoms with E-state index in [-0.39, 0.29) is 5.82 Å². The highest BCUT2D eigenvalue weighted by Gasteiger charge is 2.32. The zero-order valence-corrected chi connectivity index (χ0v) is 13.3. The monoisotopic (exact) mass is 298 g/mol. The van der Waals surface area contributed by atoms with Crippen molar-refractivity contribution in [2.45, 2.75) is 45.7 Å². The molecule has 0 aliphatic carbocycles. The normalized spacial score (nSPS) is 26.9. The first kappa shape index (κ1) is 15.6. The first-order chi connectivity index (χ1) is 9.54. The zero-order valence-electron chi connectivity index (χ0n) is 12.5. The molecule has 2 nitrogen and oxygen atoms in total. The molecule has 0 radical (unpaired) electrons. The summed E-state index contributed by atoms with van der Waals surface area (Å²) in [7, 11) is 0. The van der Waals surface area contributed by atoms with Gasteiger partial charge in [0, 0.05) is 18.6 Å². The number of anilines is 1. The second kappa shape index (κ2) is 6.77. The Morgan fingerprint density at radius 2 is 2.15 bits per heavy atom. The van der Waals surface area contributed by atoms with Crippen LogP contribution in [0.25, 0.3) is 0 Å². The minimum atomic E-state index is -0.279. The van der Waals surface area contributed by atoms with E-state index in [1.165, 1.54) is 12.1 Å². The Morgan fingerprint density at radius 3 is 2.80 bits per heavy atom. The third-order valence-electron chi connectivity index (χ3n) is 4.44. The molecule has 20 heavy (non-hydrogen) atoms. The summed E-state index contributed by atoms with van der Waals surface area (Å²) in [5.74, 6) is 0.260. The molecule has 0 saturated carbocycles. The molecular weight excluding hydrogens is 275 g/mol. The second-order valence-corrected chi connectivity index (χ2v) is 6.15. The van der Waals surface area contributed by atoms with Gasteiger partial charge in [-0.3, -0.25) is 0 Å². The van der Waals surface area contributed by atoms with Crippen molar-refractivity contribution < 1.29 is 4.39 Å². The quantitative estimate of drug-likeness (QED) is 0.901. The average Bonchev–Trinajstić information content (AvgIpc) is 2.41. The maximum absolute atomic E-state index is 13.2. The van der Waals surface area contributed by atoms with Gasteiger partial charge in [0.05, 0.1) is 10.7 Å². The predicted octanol–water partition coefficient (Wildman–Crippen LogP) is 4.08. The molecule has 1 aromatic carbocycles. The number of piperidine rings is 1. The number of rotatable bonds is 4. The molecule has 1 N–H and O–H groups in total. The van der Waals surface area contributed by atoms with Crippen molar-refractivity contribution in [2.24, 2.45) is 5.92 Å². The maximum Gasteiger partial charge on any atom is 0.124 e. The topological polar surface area (TPSA) is 15.3 Å². The van der Waals surface area contributed by atoms with Gasteiger partial charge in [-0.25, -0.2) is 4.39 Å². The van der Waals surface area contributed by atoms with Crippen molar-refractivity contribution >= 4 is 17.3 Å². The van der Waals surface area contributed by atoms with Crippen LogP contribution < -0.4 is 10.2 Å². The smallest absolute Gasteiger partial charge is 0.124 e. The fourth-order valence-electron chi connectivity index (χ4n) is 3.04. The molecule has 3 atom stereocenters. The zero-order chi connectivity index (χ0) is 14.7. The SMILES string of the molecule is CCCNC1CCN(c2ccc(F)cc2Cl)C(C)C1C. The first-order valence-electron chi connectivity index (χ1n) is 7.49. The summed E-state index contributed by atoms with van der Waals surface area (Å²) in [6.07, 6.45) is 2.25. The Balaban J connectivity index is 2.11. The van der Waals surface area contributed by atoms with Crippen LogP contribution in [0, 0.1) is 11.7 Å². The number of nitrogens with one attached hydrogen (secondary N) is 1. The van der Waals surface area contributed by atoms with Gasteiger partial charge in [0.1, 0.15) is 5.82 Å². The van der Waals surface area contributed by atoms with Crippen LogP contribution >= 0.6 is 11.6 Å². The highest BCUT2D eigenvalue weighted by atomic mass is 35.5. The lowest BCUT2D eigenvalue weighted by molar-refractivity contribution is 0.271. The minimum absolute atomic E-state index is 0.279. The van der Waals surface area contributed by atoms with E-state index in [0.29, 0.717) is 23.0 Å². The molecule has 0 spiro atoms. The molecule has 1 fully saturated rings. The number of nitrogens with zero attached hydrogens (tertiary/aromatic N) is 1. The van der Waals surface area contributed by atoms with E-state index in [1.54, 1.807) is 6.07 Å². The van der Waals surface area contributed by atoms with E-state index in [4.69, 9.17) is 11.6 Å². The van der Waals surface area contributed by atoms with Gasteiger partial charge < -0.3 is 10.2 Å². The lowest BCUT2D eigenvalue weighted by atomic mass is 9.86. The van der Waals surface area contributed by atoms with Crippen LogP contribution in [-0.4, -0.2) is 25.2 Å². The van der Waals surface area contributed by atoms with Gasteiger partial charge in [-0.15, -0.1) is 0 Å². The Labute approximate surface area is 126 Å². The number of hydrogen-bond acceptors (Lipinski definition) is 2. The molecule has 1 aliphatic rings. The third kappa shape index (κ3) is 3.26. The van der Waals surface area contributed by atoms with Crippen molar-refractivity contribution in [1.82, 2.24) is 5.32 Å². The Bertz CT molecular complexity index is 452. The molecule has 3 unspecified atom stereocenters. The van der Waals surface area contributed by atoms with E-state index in [0.717, 1.165) is 31.6 Å². The second-order valence-electron chi connectivity index (χ2n) is 5.74. The molecule has 0 amide bonds. The molecule has 1 aromatic rings. The lowest BCUT2D eigenvalue weighted by Gasteiger charge is -2.44. The first-order valence-corrected chi connectivity index (χ1v) is 7.87. The van der Waals surface area contributed by atoms with E-state index in [1.807, 2.05) is 0 Å². The summed E-state index contributed by atoms with van der Waals surface area (Å²) in [4.78, 5) is 2.30. The van der Waals surface area contributed by atoms with Crippen molar-refractivity contribution in [3.05, 3.63) is 29.0 Å². The third-order valence-corrected chi connectivity index (χ3v) is 4.75. The van der Waals surface area contributed by atoms with Crippen LogP contribution in [0.2, 0.25) is 5.02 Å². The summed E-state index contributed by atoms with van der Waals surface area (Å²) in [5.41, 5.74) is 0.946. The van der Waals surface area contributed by atoms with Crippen LogP contribution in [0.1, 0.15) is 33.6 Å². The Hall–Kier alpha value is -0.800. The molecule has 1 aliphatic heterocycles. The maximum atomic E-state index is 13.2. The average molecular weight is 299 g/mol. The molecule has 2 rings (SSSR count). The van der Waals surface area contributed by atoms with Crippen LogP contribution in [0.5, 0.6) is 0 Å². The fourth-order valence-corrected chi connectivity index (χ4v) is 3.31. The molecule has 0 bridgehead atoms. The summed E-state index contributed by atoms with van der Waals surface area (Å²) >= 11 is 6.20. The van der Waals surface area contributed by atoms with Gasteiger partial charge >= 0.3 is 0 Å². The molecule has 1 heterocycles. The van der Waals surface area contributed by atoms with Gasteiger partial charge in [0.2, 0.25) is 0 Å². The predicted molar refractivity (Wildman–Crippen MR) is 84.1 cm³/mol. The minimum Gasteiger partial charge on any atom is -0.367 e. The number of hydrogen-bond donors (Lipinski definition) is 1. The summed E-state index contributed by atoms with van der Waals surface area (Å²) in [5, 5.41) is 4.13. The van der Waals surface area contributed by atoms with Crippen LogP contribution in [0.15, 0.2) is 18.2 Å². The van der Waals surface area contributed by atoms with Crippen molar-refractivity contribution in [3.63, 3.8) is 0 Å². The highest BCUT2D eigenvalue weighted by Crippen LogP contribution is 2.33. The molecule has 112 valence electrons. The van der Waals surface area contributed by atoms with Crippen molar-refractivity contribution in [1.29, 1.82) is 0 Å². The fraction of sp³-hybridized carbons (Fsp3) is 0.625. The van der Waals surface area contributed by atoms with E-state index in [9.17, 15) is 4.39 Å². The van der Waals surface area contributed by atoms with Gasteiger partial charge in [-0.2, -0.15) is 0 Å². The van der Waals surface area contributed by atoms with E-state index >= 15 is 0 Å².